The van der Waals surface area contributed by atoms with Crippen molar-refractivity contribution in [2.24, 2.45) is 7.05 Å². The van der Waals surface area contributed by atoms with E-state index in [-0.39, 0.29) is 0 Å². The van der Waals surface area contributed by atoms with Crippen molar-refractivity contribution in [2.75, 3.05) is 5.32 Å². The van der Waals surface area contributed by atoms with Gasteiger partial charge in [-0.1, -0.05) is 6.07 Å². The van der Waals surface area contributed by atoms with Crippen LogP contribution in [0.3, 0.4) is 0 Å². The first-order valence-electron chi connectivity index (χ1n) is 5.53. The summed E-state index contributed by atoms with van der Waals surface area (Å²) in [7, 11) is 1.91. The fourth-order valence-electron chi connectivity index (χ4n) is 1.59. The minimum Gasteiger partial charge on any atom is -0.363 e. The van der Waals surface area contributed by atoms with Gasteiger partial charge in [0.2, 0.25) is 0 Å². The van der Waals surface area contributed by atoms with Crippen molar-refractivity contribution < 1.29 is 0 Å². The highest BCUT2D eigenvalue weighted by Crippen LogP contribution is 2.27. The van der Waals surface area contributed by atoms with E-state index >= 15 is 0 Å². The van der Waals surface area contributed by atoms with Gasteiger partial charge >= 0.3 is 0 Å². The van der Waals surface area contributed by atoms with Crippen molar-refractivity contribution in [3.05, 3.63) is 40.8 Å². The Kier molecular flexibility index (Phi) is 3.12. The summed E-state index contributed by atoms with van der Waals surface area (Å²) in [5, 5.41) is 12.8. The van der Waals surface area contributed by atoms with Crippen LogP contribution in [0.5, 0.6) is 0 Å². The van der Waals surface area contributed by atoms with Gasteiger partial charge in [-0.25, -0.2) is 4.98 Å². The van der Waals surface area contributed by atoms with Gasteiger partial charge < -0.3 is 5.32 Å². The van der Waals surface area contributed by atoms with Crippen molar-refractivity contribution in [3.8, 4) is 9.88 Å². The molecule has 0 aliphatic heterocycles. The van der Waals surface area contributed by atoms with E-state index in [4.69, 9.17) is 0 Å². The zero-order chi connectivity index (χ0) is 12.4. The van der Waals surface area contributed by atoms with Gasteiger partial charge in [0, 0.05) is 24.7 Å². The average molecular weight is 276 g/mol. The molecule has 0 bridgehead atoms. The number of nitrogens with zero attached hydrogens (tertiary/aromatic N) is 3. The van der Waals surface area contributed by atoms with Crippen LogP contribution in [0.1, 0.15) is 5.69 Å². The molecule has 3 aromatic rings. The Balaban J connectivity index is 1.67. The van der Waals surface area contributed by atoms with Gasteiger partial charge in [0.1, 0.15) is 10.8 Å². The van der Waals surface area contributed by atoms with Gasteiger partial charge in [0.05, 0.1) is 17.1 Å². The molecule has 18 heavy (non-hydrogen) atoms. The van der Waals surface area contributed by atoms with Crippen LogP contribution in [-0.4, -0.2) is 14.8 Å². The highest BCUT2D eigenvalue weighted by Gasteiger charge is 2.05. The van der Waals surface area contributed by atoms with E-state index < -0.39 is 0 Å². The van der Waals surface area contributed by atoms with Crippen LogP contribution in [0.25, 0.3) is 9.88 Å². The second-order valence-electron chi connectivity index (χ2n) is 3.85. The summed E-state index contributed by atoms with van der Waals surface area (Å²) in [6, 6.07) is 6.10. The van der Waals surface area contributed by atoms with E-state index in [0.29, 0.717) is 6.54 Å². The average Bonchev–Trinajstić information content (AvgIpc) is 3.07. The predicted molar refractivity (Wildman–Crippen MR) is 76.0 cm³/mol. The largest absolute Gasteiger partial charge is 0.363 e. The number of thiazole rings is 1. The van der Waals surface area contributed by atoms with E-state index in [2.05, 4.69) is 32.2 Å². The Morgan fingerprint density at radius 1 is 1.33 bits per heavy atom. The Bertz CT molecular complexity index is 624. The van der Waals surface area contributed by atoms with Gasteiger partial charge in [-0.2, -0.15) is 5.10 Å². The molecule has 0 fully saturated rings. The maximum atomic E-state index is 4.61. The van der Waals surface area contributed by atoms with Crippen LogP contribution in [0.2, 0.25) is 0 Å². The topological polar surface area (TPSA) is 42.7 Å². The van der Waals surface area contributed by atoms with Crippen LogP contribution in [-0.2, 0) is 13.6 Å². The van der Waals surface area contributed by atoms with Crippen LogP contribution in [0.4, 0.5) is 5.82 Å². The molecule has 0 spiro atoms. The molecular formula is C12H12N4S2. The zero-order valence-corrected chi connectivity index (χ0v) is 11.5. The van der Waals surface area contributed by atoms with E-state index in [1.807, 2.05) is 25.4 Å². The summed E-state index contributed by atoms with van der Waals surface area (Å²) in [5.41, 5.74) is 1.05. The quantitative estimate of drug-likeness (QED) is 0.795. The number of anilines is 1. The van der Waals surface area contributed by atoms with Crippen molar-refractivity contribution in [1.29, 1.82) is 0 Å². The molecule has 92 valence electrons. The molecule has 3 aromatic heterocycles. The molecule has 3 rings (SSSR count). The van der Waals surface area contributed by atoms with Crippen LogP contribution < -0.4 is 5.32 Å². The molecule has 0 aliphatic carbocycles. The number of aromatic nitrogens is 3. The standard InChI is InChI=1S/C12H12N4S2/c1-16-5-4-11(15-16)13-7-9-8-18-12(14-9)10-3-2-6-17-10/h2-6,8H,7H2,1H3,(H,13,15). The van der Waals surface area contributed by atoms with E-state index in [1.54, 1.807) is 27.4 Å². The molecule has 0 aromatic carbocycles. The first-order valence-corrected chi connectivity index (χ1v) is 7.29. The van der Waals surface area contributed by atoms with Gasteiger partial charge in [0.15, 0.2) is 0 Å². The maximum absolute atomic E-state index is 4.61. The lowest BCUT2D eigenvalue weighted by atomic mass is 10.4. The molecule has 6 heteroatoms. The Labute approximate surface area is 113 Å². The van der Waals surface area contributed by atoms with Gasteiger partial charge in [-0.3, -0.25) is 4.68 Å². The van der Waals surface area contributed by atoms with Crippen molar-refractivity contribution >= 4 is 28.5 Å². The lowest BCUT2D eigenvalue weighted by molar-refractivity contribution is 0.768. The number of thiophene rings is 1. The zero-order valence-electron chi connectivity index (χ0n) is 9.83. The number of rotatable bonds is 4. The van der Waals surface area contributed by atoms with Gasteiger partial charge in [0.25, 0.3) is 0 Å². The smallest absolute Gasteiger partial charge is 0.148 e. The number of hydrogen-bond acceptors (Lipinski definition) is 5. The Hall–Kier alpha value is -1.66. The third-order valence-corrected chi connectivity index (χ3v) is 4.38. The highest BCUT2D eigenvalue weighted by atomic mass is 32.1. The second kappa shape index (κ2) is 4.91. The first-order chi connectivity index (χ1) is 8.81. The van der Waals surface area contributed by atoms with Gasteiger partial charge in [-0.05, 0) is 11.4 Å². The van der Waals surface area contributed by atoms with Gasteiger partial charge in [-0.15, -0.1) is 22.7 Å². The summed E-state index contributed by atoms with van der Waals surface area (Å²) in [6.45, 7) is 0.707. The minimum atomic E-state index is 0.707. The Morgan fingerprint density at radius 2 is 2.28 bits per heavy atom. The van der Waals surface area contributed by atoms with E-state index in [0.717, 1.165) is 16.5 Å². The lowest BCUT2D eigenvalue weighted by Crippen LogP contribution is -2.01. The molecule has 0 atom stereocenters. The van der Waals surface area contributed by atoms with Crippen LogP contribution in [0, 0.1) is 0 Å². The van der Waals surface area contributed by atoms with E-state index in [1.165, 1.54) is 4.88 Å². The molecule has 0 saturated heterocycles. The predicted octanol–water partition coefficient (Wildman–Crippen LogP) is 3.22. The summed E-state index contributed by atoms with van der Waals surface area (Å²) in [5.74, 6) is 0.878. The third kappa shape index (κ3) is 2.44. The fraction of sp³-hybridized carbons (Fsp3) is 0.167. The summed E-state index contributed by atoms with van der Waals surface area (Å²) in [6.07, 6.45) is 1.92. The molecule has 0 saturated carbocycles. The molecule has 4 nitrogen and oxygen atoms in total. The maximum Gasteiger partial charge on any atom is 0.148 e. The lowest BCUT2D eigenvalue weighted by Gasteiger charge is -1.98. The SMILES string of the molecule is Cn1ccc(NCc2csc(-c3cccs3)n2)n1. The minimum absolute atomic E-state index is 0.707. The molecular weight excluding hydrogens is 264 g/mol. The number of hydrogen-bond donors (Lipinski definition) is 1. The molecule has 1 N–H and O–H groups in total. The second-order valence-corrected chi connectivity index (χ2v) is 5.66. The normalized spacial score (nSPS) is 10.7. The monoisotopic (exact) mass is 276 g/mol. The van der Waals surface area contributed by atoms with E-state index in [9.17, 15) is 0 Å². The summed E-state index contributed by atoms with van der Waals surface area (Å²) >= 11 is 3.40. The summed E-state index contributed by atoms with van der Waals surface area (Å²) < 4.78 is 1.78. The molecule has 0 aliphatic rings. The van der Waals surface area contributed by atoms with Crippen molar-refractivity contribution in [1.82, 2.24) is 14.8 Å². The first kappa shape index (κ1) is 11.4. The highest BCUT2D eigenvalue weighted by molar-refractivity contribution is 7.20. The molecule has 3 heterocycles. The third-order valence-electron chi connectivity index (χ3n) is 2.45. The van der Waals surface area contributed by atoms with Crippen LogP contribution >= 0.6 is 22.7 Å². The fourth-order valence-corrected chi connectivity index (χ4v) is 3.23. The summed E-state index contributed by atoms with van der Waals surface area (Å²) in [4.78, 5) is 5.83. The van der Waals surface area contributed by atoms with Crippen molar-refractivity contribution in [2.45, 2.75) is 6.54 Å². The number of aryl methyl sites for hydroxylation is 1. The number of nitrogens with one attached hydrogen (secondary N) is 1. The molecule has 0 radical (unpaired) electrons. The Morgan fingerprint density at radius 3 is 3.00 bits per heavy atom. The van der Waals surface area contributed by atoms with Crippen LogP contribution in [0.15, 0.2) is 35.2 Å². The molecule has 0 amide bonds. The van der Waals surface area contributed by atoms with Crippen molar-refractivity contribution in [3.63, 3.8) is 0 Å². The molecule has 0 unspecified atom stereocenters.